The predicted molar refractivity (Wildman–Crippen MR) is 94.6 cm³/mol. The highest BCUT2D eigenvalue weighted by atomic mass is 32.2. The van der Waals surface area contributed by atoms with Crippen LogP contribution in [0.15, 0.2) is 29.2 Å². The number of hydrogen-bond acceptors (Lipinski definition) is 4. The van der Waals surface area contributed by atoms with E-state index in [-0.39, 0.29) is 10.8 Å². The van der Waals surface area contributed by atoms with Gasteiger partial charge in [-0.25, -0.2) is 13.1 Å². The molecule has 0 spiro atoms. The average molecular weight is 353 g/mol. The molecule has 0 aromatic heterocycles. The first-order chi connectivity index (χ1) is 11.4. The zero-order valence-electron chi connectivity index (χ0n) is 14.5. The third kappa shape index (κ3) is 5.29. The Morgan fingerprint density at radius 1 is 1.17 bits per heavy atom. The molecule has 1 saturated heterocycles. The van der Waals surface area contributed by atoms with E-state index in [4.69, 9.17) is 0 Å². The minimum atomic E-state index is -3.60. The number of nitrogens with zero attached hydrogens (tertiary/aromatic N) is 2. The van der Waals surface area contributed by atoms with E-state index < -0.39 is 10.0 Å². The Balaban J connectivity index is 2.11. The molecular weight excluding hydrogens is 326 g/mol. The van der Waals surface area contributed by atoms with E-state index in [0.717, 1.165) is 38.8 Å². The van der Waals surface area contributed by atoms with E-state index in [1.165, 1.54) is 12.1 Å². The molecule has 6 nitrogen and oxygen atoms in total. The Morgan fingerprint density at radius 3 is 2.46 bits per heavy atom. The normalized spacial score (nSPS) is 16.2. The van der Waals surface area contributed by atoms with Gasteiger partial charge in [-0.15, -0.1) is 0 Å². The standard InChI is InChI=1S/C17H27N3O3S/c1-19(2)13-10-18-24(22,23)16-9-7-8-15(14-16)17(21)20-11-5-3-4-6-12-20/h7-9,14,18H,3-6,10-13H2,1-2H3. The second-order valence-corrected chi connectivity index (χ2v) is 8.20. The molecule has 0 aliphatic carbocycles. The number of nitrogens with one attached hydrogen (secondary N) is 1. The molecule has 1 aromatic rings. The number of sulfonamides is 1. The number of amides is 1. The van der Waals surface area contributed by atoms with Gasteiger partial charge in [0.15, 0.2) is 0 Å². The molecule has 0 radical (unpaired) electrons. The van der Waals surface area contributed by atoms with Gasteiger partial charge in [-0.05, 0) is 45.1 Å². The van der Waals surface area contributed by atoms with E-state index in [9.17, 15) is 13.2 Å². The van der Waals surface area contributed by atoms with Crippen molar-refractivity contribution >= 4 is 15.9 Å². The summed E-state index contributed by atoms with van der Waals surface area (Å²) in [5.74, 6) is -0.0813. The van der Waals surface area contributed by atoms with Crippen molar-refractivity contribution in [2.45, 2.75) is 30.6 Å². The molecule has 0 unspecified atom stereocenters. The summed E-state index contributed by atoms with van der Waals surface area (Å²) in [7, 11) is 0.170. The number of likely N-dealkylation sites (tertiary alicyclic amines) is 1. The van der Waals surface area contributed by atoms with Crippen LogP contribution in [0, 0.1) is 0 Å². The molecule has 1 aliphatic heterocycles. The number of rotatable bonds is 6. The Hall–Kier alpha value is -1.44. The second-order valence-electron chi connectivity index (χ2n) is 6.44. The topological polar surface area (TPSA) is 69.7 Å². The fourth-order valence-corrected chi connectivity index (χ4v) is 3.81. The van der Waals surface area contributed by atoms with Gasteiger partial charge >= 0.3 is 0 Å². The van der Waals surface area contributed by atoms with Crippen molar-refractivity contribution in [1.29, 1.82) is 0 Å². The zero-order valence-corrected chi connectivity index (χ0v) is 15.3. The molecule has 1 amide bonds. The van der Waals surface area contributed by atoms with Crippen LogP contribution in [0.4, 0.5) is 0 Å². The smallest absolute Gasteiger partial charge is 0.253 e. The van der Waals surface area contributed by atoms with Crippen molar-refractivity contribution in [3.63, 3.8) is 0 Å². The number of likely N-dealkylation sites (N-methyl/N-ethyl adjacent to an activating group) is 1. The summed E-state index contributed by atoms with van der Waals surface area (Å²) in [4.78, 5) is 16.5. The molecule has 0 atom stereocenters. The van der Waals surface area contributed by atoms with Crippen molar-refractivity contribution in [2.75, 3.05) is 40.3 Å². The highest BCUT2D eigenvalue weighted by Gasteiger charge is 2.20. The quantitative estimate of drug-likeness (QED) is 0.842. The van der Waals surface area contributed by atoms with Crippen LogP contribution in [-0.2, 0) is 10.0 Å². The van der Waals surface area contributed by atoms with Gasteiger partial charge in [-0.3, -0.25) is 4.79 Å². The van der Waals surface area contributed by atoms with Crippen LogP contribution in [0.2, 0.25) is 0 Å². The maximum Gasteiger partial charge on any atom is 0.253 e. The minimum absolute atomic E-state index is 0.0813. The van der Waals surface area contributed by atoms with Crippen LogP contribution in [0.3, 0.4) is 0 Å². The molecular formula is C17H27N3O3S. The Labute approximate surface area is 144 Å². The largest absolute Gasteiger partial charge is 0.339 e. The van der Waals surface area contributed by atoms with Gasteiger partial charge in [0.05, 0.1) is 4.90 Å². The van der Waals surface area contributed by atoms with E-state index >= 15 is 0 Å². The van der Waals surface area contributed by atoms with Crippen molar-refractivity contribution in [1.82, 2.24) is 14.5 Å². The molecule has 1 heterocycles. The fourth-order valence-electron chi connectivity index (χ4n) is 2.74. The number of benzene rings is 1. The third-order valence-corrected chi connectivity index (χ3v) is 5.59. The monoisotopic (exact) mass is 353 g/mol. The summed E-state index contributed by atoms with van der Waals surface area (Å²) < 4.78 is 27.3. The summed E-state index contributed by atoms with van der Waals surface area (Å²) in [6, 6.07) is 6.32. The van der Waals surface area contributed by atoms with Gasteiger partial charge in [-0.2, -0.15) is 0 Å². The van der Waals surface area contributed by atoms with Gasteiger partial charge in [0.2, 0.25) is 10.0 Å². The van der Waals surface area contributed by atoms with Crippen molar-refractivity contribution in [2.24, 2.45) is 0 Å². The third-order valence-electron chi connectivity index (χ3n) is 4.14. The Bertz CT molecular complexity index is 651. The van der Waals surface area contributed by atoms with Crippen LogP contribution in [0.1, 0.15) is 36.0 Å². The second kappa shape index (κ2) is 8.60. The van der Waals surface area contributed by atoms with E-state index in [2.05, 4.69) is 4.72 Å². The van der Waals surface area contributed by atoms with E-state index in [0.29, 0.717) is 18.7 Å². The molecule has 134 valence electrons. The molecule has 0 saturated carbocycles. The van der Waals surface area contributed by atoms with Gasteiger partial charge in [-0.1, -0.05) is 18.9 Å². The zero-order chi connectivity index (χ0) is 17.6. The van der Waals surface area contributed by atoms with Crippen molar-refractivity contribution in [3.8, 4) is 0 Å². The van der Waals surface area contributed by atoms with E-state index in [1.54, 1.807) is 12.1 Å². The molecule has 7 heteroatoms. The summed E-state index contributed by atoms with van der Waals surface area (Å²) in [5.41, 5.74) is 0.437. The number of hydrogen-bond donors (Lipinski definition) is 1. The first-order valence-electron chi connectivity index (χ1n) is 8.44. The number of carbonyl (C=O) groups is 1. The average Bonchev–Trinajstić information content (AvgIpc) is 2.83. The summed E-state index contributed by atoms with van der Waals surface area (Å²) in [6.45, 7) is 2.44. The molecule has 1 aliphatic rings. The first-order valence-corrected chi connectivity index (χ1v) is 9.92. The maximum atomic E-state index is 12.6. The lowest BCUT2D eigenvalue weighted by atomic mass is 10.2. The van der Waals surface area contributed by atoms with Gasteiger partial charge in [0.1, 0.15) is 0 Å². The molecule has 1 N–H and O–H groups in total. The van der Waals surface area contributed by atoms with Crippen molar-refractivity contribution in [3.05, 3.63) is 29.8 Å². The van der Waals surface area contributed by atoms with Crippen LogP contribution in [0.5, 0.6) is 0 Å². The van der Waals surface area contributed by atoms with Crippen LogP contribution in [0.25, 0.3) is 0 Å². The maximum absolute atomic E-state index is 12.6. The lowest BCUT2D eigenvalue weighted by Crippen LogP contribution is -2.33. The summed E-state index contributed by atoms with van der Waals surface area (Å²) in [6.07, 6.45) is 4.31. The first kappa shape index (κ1) is 18.9. The van der Waals surface area contributed by atoms with E-state index in [1.807, 2.05) is 23.9 Å². The Morgan fingerprint density at radius 2 is 1.83 bits per heavy atom. The Kier molecular flexibility index (Phi) is 6.77. The predicted octanol–water partition coefficient (Wildman–Crippen LogP) is 1.54. The van der Waals surface area contributed by atoms with Crippen LogP contribution in [-0.4, -0.2) is 64.4 Å². The van der Waals surface area contributed by atoms with Gasteiger partial charge in [0, 0.05) is 31.7 Å². The van der Waals surface area contributed by atoms with Gasteiger partial charge < -0.3 is 9.80 Å². The minimum Gasteiger partial charge on any atom is -0.339 e. The lowest BCUT2D eigenvalue weighted by molar-refractivity contribution is 0.0761. The van der Waals surface area contributed by atoms with Crippen LogP contribution < -0.4 is 4.72 Å². The van der Waals surface area contributed by atoms with Gasteiger partial charge in [0.25, 0.3) is 5.91 Å². The molecule has 24 heavy (non-hydrogen) atoms. The molecule has 1 fully saturated rings. The molecule has 1 aromatic carbocycles. The summed E-state index contributed by atoms with van der Waals surface area (Å²) >= 11 is 0. The lowest BCUT2D eigenvalue weighted by Gasteiger charge is -2.20. The highest BCUT2D eigenvalue weighted by molar-refractivity contribution is 7.89. The highest BCUT2D eigenvalue weighted by Crippen LogP contribution is 2.16. The number of carbonyl (C=O) groups excluding carboxylic acids is 1. The fraction of sp³-hybridized carbons (Fsp3) is 0.588. The molecule has 0 bridgehead atoms. The molecule has 2 rings (SSSR count). The van der Waals surface area contributed by atoms with Crippen molar-refractivity contribution < 1.29 is 13.2 Å². The SMILES string of the molecule is CN(C)CCNS(=O)(=O)c1cccc(C(=O)N2CCCCCC2)c1. The summed E-state index contributed by atoms with van der Waals surface area (Å²) in [5, 5.41) is 0. The van der Waals surface area contributed by atoms with Crippen LogP contribution >= 0.6 is 0 Å².